The highest BCUT2D eigenvalue weighted by Crippen LogP contribution is 2.35. The molecule has 0 saturated heterocycles. The summed E-state index contributed by atoms with van der Waals surface area (Å²) in [5.74, 6) is -0.642. The van der Waals surface area contributed by atoms with E-state index < -0.39 is 15.8 Å². The van der Waals surface area contributed by atoms with E-state index in [1.54, 1.807) is 37.1 Å². The molecule has 13 heteroatoms. The summed E-state index contributed by atoms with van der Waals surface area (Å²) in [6.07, 6.45) is 9.59. The summed E-state index contributed by atoms with van der Waals surface area (Å²) < 4.78 is 40.2. The lowest BCUT2D eigenvalue weighted by Crippen LogP contribution is -2.21. The number of carbonyl (C=O) groups excluding carboxylic acids is 1. The molecular formula is C34H27FN8O3S. The van der Waals surface area contributed by atoms with Crippen LogP contribution >= 0.6 is 0 Å². The number of aromatic nitrogens is 6. The third-order valence-electron chi connectivity index (χ3n) is 7.58. The van der Waals surface area contributed by atoms with E-state index in [4.69, 9.17) is 0 Å². The zero-order valence-corrected chi connectivity index (χ0v) is 25.8. The average molecular weight is 647 g/mol. The Morgan fingerprint density at radius 2 is 1.68 bits per heavy atom. The van der Waals surface area contributed by atoms with Crippen molar-refractivity contribution in [3.8, 4) is 33.8 Å². The summed E-state index contributed by atoms with van der Waals surface area (Å²) in [4.78, 5) is 29.3. The first-order valence-corrected chi connectivity index (χ1v) is 16.4. The van der Waals surface area contributed by atoms with E-state index in [2.05, 4.69) is 40.2 Å². The minimum absolute atomic E-state index is 0.0422. The van der Waals surface area contributed by atoms with Gasteiger partial charge in [-0.05, 0) is 53.1 Å². The zero-order chi connectivity index (χ0) is 32.5. The lowest BCUT2D eigenvalue weighted by atomic mass is 10.0. The first kappa shape index (κ1) is 29.9. The second-order valence-corrected chi connectivity index (χ2v) is 13.0. The maximum Gasteiger partial charge on any atom is 0.228 e. The SMILES string of the molecule is CS(=O)(=O)NCc1cc(F)cc(-c2cncc3[nH]c(-c4n[nH]c5cnc(-c6cncc(NC(=O)Cc7ccccc7)c6)cc45)cc23)c1. The van der Waals surface area contributed by atoms with E-state index in [0.717, 1.165) is 22.6 Å². The van der Waals surface area contributed by atoms with Crippen LogP contribution in [0.3, 0.4) is 0 Å². The zero-order valence-electron chi connectivity index (χ0n) is 25.0. The van der Waals surface area contributed by atoms with Crippen LogP contribution in [-0.4, -0.2) is 50.7 Å². The number of nitrogens with one attached hydrogen (secondary N) is 4. The van der Waals surface area contributed by atoms with E-state index in [1.807, 2.05) is 48.5 Å². The van der Waals surface area contributed by atoms with Crippen LogP contribution in [0.4, 0.5) is 10.1 Å². The number of nitrogens with zero attached hydrogens (tertiary/aromatic N) is 4. The standard InChI is InChI=1S/C34H27FN8O3S/c1-47(45,46)39-14-21-7-22(10-24(35)8-21)28-17-37-18-31-26(28)12-30(41-31)34-27-13-29(38-19-32(27)42-43-34)23-11-25(16-36-15-23)40-33(44)9-20-5-3-2-4-6-20/h2-8,10-13,15-19,39,41H,9,14H2,1H3,(H,40,44)(H,42,43). The van der Waals surface area contributed by atoms with E-state index in [-0.39, 0.29) is 18.9 Å². The van der Waals surface area contributed by atoms with Crippen molar-refractivity contribution in [2.24, 2.45) is 0 Å². The highest BCUT2D eigenvalue weighted by atomic mass is 32.2. The summed E-state index contributed by atoms with van der Waals surface area (Å²) in [7, 11) is -3.45. The Balaban J connectivity index is 1.20. The number of halogens is 1. The Kier molecular flexibility index (Phi) is 7.75. The largest absolute Gasteiger partial charge is 0.352 e. The first-order valence-electron chi connectivity index (χ1n) is 14.5. The van der Waals surface area contributed by atoms with Crippen LogP contribution in [0.15, 0.2) is 97.7 Å². The molecule has 47 heavy (non-hydrogen) atoms. The molecule has 0 aliphatic carbocycles. The second kappa shape index (κ2) is 12.2. The smallest absolute Gasteiger partial charge is 0.228 e. The normalized spacial score (nSPS) is 11.7. The lowest BCUT2D eigenvalue weighted by molar-refractivity contribution is -0.115. The number of rotatable bonds is 9. The van der Waals surface area contributed by atoms with Gasteiger partial charge in [0, 0.05) is 40.8 Å². The van der Waals surface area contributed by atoms with E-state index in [9.17, 15) is 17.6 Å². The van der Waals surface area contributed by atoms with Crippen molar-refractivity contribution in [2.45, 2.75) is 13.0 Å². The van der Waals surface area contributed by atoms with Crippen molar-refractivity contribution in [1.82, 2.24) is 34.9 Å². The molecule has 0 aliphatic heterocycles. The Labute approximate surface area is 268 Å². The topological polar surface area (TPSA) is 158 Å². The maximum atomic E-state index is 14.6. The molecule has 1 amide bonds. The number of pyridine rings is 3. The van der Waals surface area contributed by atoms with E-state index >= 15 is 0 Å². The highest BCUT2D eigenvalue weighted by molar-refractivity contribution is 7.88. The van der Waals surface area contributed by atoms with Gasteiger partial charge in [0.2, 0.25) is 15.9 Å². The monoisotopic (exact) mass is 646 g/mol. The number of carbonyl (C=O) groups is 1. The molecule has 11 nitrogen and oxygen atoms in total. The number of sulfonamides is 1. The van der Waals surface area contributed by atoms with Gasteiger partial charge in [-0.25, -0.2) is 17.5 Å². The Bertz CT molecular complexity index is 2390. The molecule has 0 bridgehead atoms. The fourth-order valence-electron chi connectivity index (χ4n) is 5.45. The number of hydrogen-bond donors (Lipinski definition) is 4. The summed E-state index contributed by atoms with van der Waals surface area (Å²) in [5, 5.41) is 12.1. The number of aromatic amines is 2. The van der Waals surface area contributed by atoms with Crippen molar-refractivity contribution in [2.75, 3.05) is 11.6 Å². The van der Waals surface area contributed by atoms with E-state index in [0.29, 0.717) is 56.1 Å². The molecule has 4 N–H and O–H groups in total. The number of benzene rings is 2. The van der Waals surface area contributed by atoms with Crippen molar-refractivity contribution in [3.63, 3.8) is 0 Å². The third-order valence-corrected chi connectivity index (χ3v) is 8.25. The van der Waals surface area contributed by atoms with Gasteiger partial charge in [0.15, 0.2) is 0 Å². The van der Waals surface area contributed by atoms with Gasteiger partial charge in [-0.3, -0.25) is 24.8 Å². The third kappa shape index (κ3) is 6.61. The van der Waals surface area contributed by atoms with Crippen LogP contribution in [-0.2, 0) is 27.8 Å². The van der Waals surface area contributed by atoms with Crippen LogP contribution in [0.2, 0.25) is 0 Å². The number of anilines is 1. The van der Waals surface area contributed by atoms with Crippen LogP contribution in [0.25, 0.3) is 55.6 Å². The number of amides is 1. The Hall–Kier alpha value is -5.79. The average Bonchev–Trinajstić information content (AvgIpc) is 3.68. The highest BCUT2D eigenvalue weighted by Gasteiger charge is 2.17. The van der Waals surface area contributed by atoms with Crippen molar-refractivity contribution >= 4 is 43.4 Å². The number of H-pyrrole nitrogens is 2. The summed E-state index contributed by atoms with van der Waals surface area (Å²) in [5.41, 5.74) is 7.30. The van der Waals surface area contributed by atoms with Crippen molar-refractivity contribution in [3.05, 3.63) is 115 Å². The molecule has 0 saturated carbocycles. The van der Waals surface area contributed by atoms with Gasteiger partial charge in [0.05, 0.1) is 59.4 Å². The van der Waals surface area contributed by atoms with Gasteiger partial charge in [-0.1, -0.05) is 30.3 Å². The quantitative estimate of drug-likeness (QED) is 0.159. The van der Waals surface area contributed by atoms with Gasteiger partial charge in [0.25, 0.3) is 0 Å². The predicted molar refractivity (Wildman–Crippen MR) is 178 cm³/mol. The van der Waals surface area contributed by atoms with Crippen molar-refractivity contribution in [1.29, 1.82) is 0 Å². The number of hydrogen-bond acceptors (Lipinski definition) is 7. The molecule has 7 rings (SSSR count). The molecule has 234 valence electrons. The van der Waals surface area contributed by atoms with Crippen LogP contribution < -0.4 is 10.0 Å². The van der Waals surface area contributed by atoms with Gasteiger partial charge in [0.1, 0.15) is 11.5 Å². The maximum absolute atomic E-state index is 14.6. The summed E-state index contributed by atoms with van der Waals surface area (Å²) >= 11 is 0. The summed E-state index contributed by atoms with van der Waals surface area (Å²) in [6.45, 7) is -0.0422. The van der Waals surface area contributed by atoms with Crippen LogP contribution in [0, 0.1) is 5.82 Å². The molecule has 0 radical (unpaired) electrons. The predicted octanol–water partition coefficient (Wildman–Crippen LogP) is 5.60. The molecule has 0 spiro atoms. The first-order chi connectivity index (χ1) is 22.7. The molecule has 0 fully saturated rings. The van der Waals surface area contributed by atoms with Gasteiger partial charge < -0.3 is 10.3 Å². The molecule has 5 aromatic heterocycles. The molecule has 7 aromatic rings. The van der Waals surface area contributed by atoms with Gasteiger partial charge in [-0.15, -0.1) is 0 Å². The Morgan fingerprint density at radius 3 is 2.51 bits per heavy atom. The van der Waals surface area contributed by atoms with Gasteiger partial charge >= 0.3 is 0 Å². The molecule has 2 aromatic carbocycles. The van der Waals surface area contributed by atoms with Crippen molar-refractivity contribution < 1.29 is 17.6 Å². The number of fused-ring (bicyclic) bond motifs is 2. The molecule has 5 heterocycles. The van der Waals surface area contributed by atoms with Crippen LogP contribution in [0.1, 0.15) is 11.1 Å². The lowest BCUT2D eigenvalue weighted by Gasteiger charge is -2.08. The van der Waals surface area contributed by atoms with Crippen LogP contribution in [0.5, 0.6) is 0 Å². The van der Waals surface area contributed by atoms with E-state index in [1.165, 1.54) is 12.1 Å². The molecule has 0 unspecified atom stereocenters. The second-order valence-electron chi connectivity index (χ2n) is 11.1. The van der Waals surface area contributed by atoms with Gasteiger partial charge in [-0.2, -0.15) is 5.10 Å². The molecule has 0 aliphatic rings. The Morgan fingerprint density at radius 1 is 0.851 bits per heavy atom. The fourth-order valence-corrected chi connectivity index (χ4v) is 5.87. The summed E-state index contributed by atoms with van der Waals surface area (Å²) in [6, 6.07) is 19.6. The fraction of sp³-hybridized carbons (Fsp3) is 0.0882. The minimum atomic E-state index is -3.45. The molecule has 0 atom stereocenters. The molecular weight excluding hydrogens is 619 g/mol. The minimum Gasteiger partial charge on any atom is -0.352 e.